The van der Waals surface area contributed by atoms with Crippen LogP contribution < -0.4 is 5.32 Å². The molecule has 2 rings (SSSR count). The normalized spacial score (nSPS) is 14.1. The summed E-state index contributed by atoms with van der Waals surface area (Å²) in [6, 6.07) is 15.4. The quantitative estimate of drug-likeness (QED) is 0.865. The second kappa shape index (κ2) is 6.48. The van der Waals surface area contributed by atoms with E-state index in [0.29, 0.717) is 6.04 Å². The van der Waals surface area contributed by atoms with E-state index in [2.05, 4.69) is 61.4 Å². The predicted molar refractivity (Wildman–Crippen MR) is 80.0 cm³/mol. The number of pyridine rings is 1. The maximum absolute atomic E-state index is 4.41. The van der Waals surface area contributed by atoms with Crippen LogP contribution in [-0.2, 0) is 0 Å². The molecule has 2 atom stereocenters. The van der Waals surface area contributed by atoms with Crippen LogP contribution >= 0.6 is 0 Å². The molecule has 1 heterocycles. The van der Waals surface area contributed by atoms with Crippen molar-refractivity contribution in [1.82, 2.24) is 10.3 Å². The molecule has 0 saturated carbocycles. The molecule has 0 aliphatic carbocycles. The van der Waals surface area contributed by atoms with E-state index in [4.69, 9.17) is 0 Å². The topological polar surface area (TPSA) is 24.9 Å². The average Bonchev–Trinajstić information content (AvgIpc) is 2.46. The maximum Gasteiger partial charge on any atom is 0.0570 e. The summed E-state index contributed by atoms with van der Waals surface area (Å²) in [7, 11) is 0. The molecular weight excluding hydrogens is 232 g/mol. The van der Waals surface area contributed by atoms with E-state index in [0.717, 1.165) is 12.1 Å². The van der Waals surface area contributed by atoms with Gasteiger partial charge >= 0.3 is 0 Å². The molecule has 0 radical (unpaired) electrons. The Morgan fingerprint density at radius 3 is 2.42 bits per heavy atom. The van der Waals surface area contributed by atoms with Gasteiger partial charge in [-0.05, 0) is 38.0 Å². The Bertz CT molecular complexity index is 490. The first-order chi connectivity index (χ1) is 9.20. The Labute approximate surface area is 115 Å². The number of hydrogen-bond acceptors (Lipinski definition) is 2. The number of nitrogens with zero attached hydrogens (tertiary/aromatic N) is 1. The second-order valence-corrected chi connectivity index (χ2v) is 5.01. The van der Waals surface area contributed by atoms with Gasteiger partial charge in [-0.25, -0.2) is 0 Å². The van der Waals surface area contributed by atoms with Crippen LogP contribution in [0.4, 0.5) is 0 Å². The van der Waals surface area contributed by atoms with Gasteiger partial charge in [0.1, 0.15) is 0 Å². The molecule has 0 bridgehead atoms. The molecule has 0 spiro atoms. The molecule has 2 heteroatoms. The van der Waals surface area contributed by atoms with E-state index < -0.39 is 0 Å². The molecule has 0 aliphatic heterocycles. The van der Waals surface area contributed by atoms with Crippen molar-refractivity contribution in [3.05, 3.63) is 65.5 Å². The van der Waals surface area contributed by atoms with E-state index in [-0.39, 0.29) is 6.04 Å². The Kier molecular flexibility index (Phi) is 4.69. The molecule has 2 nitrogen and oxygen atoms in total. The zero-order chi connectivity index (χ0) is 13.7. The number of hydrogen-bond donors (Lipinski definition) is 1. The third-order valence-electron chi connectivity index (χ3n) is 3.47. The highest BCUT2D eigenvalue weighted by Crippen LogP contribution is 2.21. The van der Waals surface area contributed by atoms with E-state index in [1.165, 1.54) is 11.1 Å². The molecule has 2 unspecified atom stereocenters. The Balaban J connectivity index is 2.09. The highest BCUT2D eigenvalue weighted by molar-refractivity contribution is 5.24. The largest absolute Gasteiger partial charge is 0.302 e. The lowest BCUT2D eigenvalue weighted by molar-refractivity contribution is 0.450. The fourth-order valence-electron chi connectivity index (χ4n) is 2.27. The van der Waals surface area contributed by atoms with Crippen molar-refractivity contribution < 1.29 is 0 Å². The minimum atomic E-state index is 0.257. The third kappa shape index (κ3) is 3.65. The van der Waals surface area contributed by atoms with Crippen molar-refractivity contribution in [3.63, 3.8) is 0 Å². The molecule has 0 saturated heterocycles. The first-order valence-electron chi connectivity index (χ1n) is 6.94. The van der Waals surface area contributed by atoms with Crippen LogP contribution in [0, 0.1) is 6.92 Å². The smallest absolute Gasteiger partial charge is 0.0570 e. The Hall–Kier alpha value is -1.67. The first kappa shape index (κ1) is 13.8. The van der Waals surface area contributed by atoms with Crippen molar-refractivity contribution >= 4 is 0 Å². The monoisotopic (exact) mass is 254 g/mol. The van der Waals surface area contributed by atoms with Crippen LogP contribution in [0.25, 0.3) is 0 Å². The van der Waals surface area contributed by atoms with Crippen LogP contribution in [0.1, 0.15) is 49.2 Å². The van der Waals surface area contributed by atoms with Gasteiger partial charge in [-0.3, -0.25) is 4.98 Å². The standard InChI is InChI=1S/C17H22N2/c1-4-16(15-10-8-13(2)9-11-15)19-14(3)17-7-5-6-12-18-17/h5-12,14,16,19H,4H2,1-3H3. The van der Waals surface area contributed by atoms with Crippen molar-refractivity contribution in [3.8, 4) is 0 Å². The van der Waals surface area contributed by atoms with Crippen LogP contribution in [0.15, 0.2) is 48.7 Å². The lowest BCUT2D eigenvalue weighted by Crippen LogP contribution is -2.24. The first-order valence-corrected chi connectivity index (χ1v) is 6.94. The van der Waals surface area contributed by atoms with E-state index in [1.54, 1.807) is 0 Å². The highest BCUT2D eigenvalue weighted by atomic mass is 15.0. The number of rotatable bonds is 5. The van der Waals surface area contributed by atoms with E-state index in [9.17, 15) is 0 Å². The molecule has 0 aliphatic rings. The van der Waals surface area contributed by atoms with Crippen molar-refractivity contribution in [2.45, 2.75) is 39.3 Å². The van der Waals surface area contributed by atoms with Crippen molar-refractivity contribution in [2.24, 2.45) is 0 Å². The molecular formula is C17H22N2. The average molecular weight is 254 g/mol. The molecule has 1 aromatic heterocycles. The van der Waals surface area contributed by atoms with Crippen LogP contribution in [0.3, 0.4) is 0 Å². The van der Waals surface area contributed by atoms with E-state index in [1.807, 2.05) is 18.3 Å². The SMILES string of the molecule is CCC(NC(C)c1ccccn1)c1ccc(C)cc1. The van der Waals surface area contributed by atoms with Gasteiger partial charge in [0.15, 0.2) is 0 Å². The summed E-state index contributed by atoms with van der Waals surface area (Å²) in [6.07, 6.45) is 2.92. The second-order valence-electron chi connectivity index (χ2n) is 5.01. The summed E-state index contributed by atoms with van der Waals surface area (Å²) in [6.45, 7) is 6.50. The van der Waals surface area contributed by atoms with Crippen molar-refractivity contribution in [2.75, 3.05) is 0 Å². The minimum Gasteiger partial charge on any atom is -0.302 e. The zero-order valence-corrected chi connectivity index (χ0v) is 11.9. The van der Waals surface area contributed by atoms with Crippen LogP contribution in [-0.4, -0.2) is 4.98 Å². The molecule has 0 fully saturated rings. The predicted octanol–water partition coefficient (Wildman–Crippen LogP) is 4.19. The number of nitrogens with one attached hydrogen (secondary N) is 1. The fourth-order valence-corrected chi connectivity index (χ4v) is 2.27. The summed E-state index contributed by atoms with van der Waals surface area (Å²) < 4.78 is 0. The molecule has 19 heavy (non-hydrogen) atoms. The summed E-state index contributed by atoms with van der Waals surface area (Å²) >= 11 is 0. The van der Waals surface area contributed by atoms with Gasteiger partial charge in [0.25, 0.3) is 0 Å². The van der Waals surface area contributed by atoms with Gasteiger partial charge in [-0.2, -0.15) is 0 Å². The summed E-state index contributed by atoms with van der Waals surface area (Å²) in [5.74, 6) is 0. The van der Waals surface area contributed by atoms with Gasteiger partial charge < -0.3 is 5.32 Å². The van der Waals surface area contributed by atoms with E-state index >= 15 is 0 Å². The molecule has 2 aromatic rings. The summed E-state index contributed by atoms with van der Waals surface area (Å²) in [5, 5.41) is 3.66. The van der Waals surface area contributed by atoms with Crippen LogP contribution in [0.2, 0.25) is 0 Å². The number of benzene rings is 1. The fraction of sp³-hybridized carbons (Fsp3) is 0.353. The Morgan fingerprint density at radius 1 is 1.11 bits per heavy atom. The lowest BCUT2D eigenvalue weighted by atomic mass is 10.0. The minimum absolute atomic E-state index is 0.257. The Morgan fingerprint density at radius 2 is 1.84 bits per heavy atom. The molecule has 0 amide bonds. The maximum atomic E-state index is 4.41. The highest BCUT2D eigenvalue weighted by Gasteiger charge is 2.14. The molecule has 1 N–H and O–H groups in total. The lowest BCUT2D eigenvalue weighted by Gasteiger charge is -2.22. The third-order valence-corrected chi connectivity index (χ3v) is 3.47. The van der Waals surface area contributed by atoms with Crippen LogP contribution in [0.5, 0.6) is 0 Å². The summed E-state index contributed by atoms with van der Waals surface area (Å²) in [5.41, 5.74) is 3.74. The zero-order valence-electron chi connectivity index (χ0n) is 11.9. The number of aryl methyl sites for hydroxylation is 1. The molecule has 100 valence electrons. The number of aromatic nitrogens is 1. The van der Waals surface area contributed by atoms with Gasteiger partial charge in [-0.15, -0.1) is 0 Å². The van der Waals surface area contributed by atoms with Gasteiger partial charge in [0.05, 0.1) is 5.69 Å². The van der Waals surface area contributed by atoms with Crippen molar-refractivity contribution in [1.29, 1.82) is 0 Å². The van der Waals surface area contributed by atoms with Gasteiger partial charge in [0, 0.05) is 18.3 Å². The summed E-state index contributed by atoms with van der Waals surface area (Å²) in [4.78, 5) is 4.41. The van der Waals surface area contributed by atoms with Gasteiger partial charge in [0.2, 0.25) is 0 Å². The van der Waals surface area contributed by atoms with Gasteiger partial charge in [-0.1, -0.05) is 42.8 Å². The molecule has 1 aromatic carbocycles.